The van der Waals surface area contributed by atoms with Gasteiger partial charge in [0, 0.05) is 18.1 Å². The molecule has 2 atom stereocenters. The van der Waals surface area contributed by atoms with E-state index in [1.54, 1.807) is 0 Å². The summed E-state index contributed by atoms with van der Waals surface area (Å²) in [7, 11) is 0. The standard InChI is InChI=1S/C13H28N2/c1-6-14-13(4,5)10-15-9-7-8-11(2)12(15)3/h11-12,14H,6-10H2,1-5H3. The van der Waals surface area contributed by atoms with Crippen molar-refractivity contribution in [2.75, 3.05) is 19.6 Å². The Kier molecular flexibility index (Phi) is 4.60. The first-order valence-corrected chi connectivity index (χ1v) is 6.45. The van der Waals surface area contributed by atoms with Gasteiger partial charge in [-0.15, -0.1) is 0 Å². The number of likely N-dealkylation sites (tertiary alicyclic amines) is 1. The molecule has 0 aromatic heterocycles. The number of likely N-dealkylation sites (N-methyl/N-ethyl adjacent to an activating group) is 1. The average molecular weight is 212 g/mol. The monoisotopic (exact) mass is 212 g/mol. The molecule has 1 aliphatic rings. The fourth-order valence-electron chi connectivity index (χ4n) is 2.69. The highest BCUT2D eigenvalue weighted by Crippen LogP contribution is 2.24. The lowest BCUT2D eigenvalue weighted by molar-refractivity contribution is 0.0855. The Balaban J connectivity index is 2.49. The van der Waals surface area contributed by atoms with Crippen LogP contribution in [0.5, 0.6) is 0 Å². The summed E-state index contributed by atoms with van der Waals surface area (Å²) >= 11 is 0. The lowest BCUT2D eigenvalue weighted by Gasteiger charge is -2.42. The van der Waals surface area contributed by atoms with Gasteiger partial charge in [-0.3, -0.25) is 4.90 Å². The summed E-state index contributed by atoms with van der Waals surface area (Å²) in [6.07, 6.45) is 2.77. The largest absolute Gasteiger partial charge is 0.311 e. The molecule has 1 rings (SSSR count). The predicted octanol–water partition coefficient (Wildman–Crippen LogP) is 2.49. The second kappa shape index (κ2) is 5.31. The molecular weight excluding hydrogens is 184 g/mol. The molecule has 1 saturated heterocycles. The van der Waals surface area contributed by atoms with Crippen molar-refractivity contribution in [2.24, 2.45) is 5.92 Å². The third kappa shape index (κ3) is 3.76. The number of rotatable bonds is 4. The smallest absolute Gasteiger partial charge is 0.0252 e. The first-order valence-electron chi connectivity index (χ1n) is 6.45. The molecule has 2 unspecified atom stereocenters. The minimum atomic E-state index is 0.250. The second-order valence-electron chi connectivity index (χ2n) is 5.74. The molecular formula is C13H28N2. The van der Waals surface area contributed by atoms with Gasteiger partial charge in [-0.25, -0.2) is 0 Å². The van der Waals surface area contributed by atoms with E-state index in [0.29, 0.717) is 0 Å². The first-order chi connectivity index (χ1) is 6.96. The van der Waals surface area contributed by atoms with Crippen LogP contribution in [0, 0.1) is 5.92 Å². The van der Waals surface area contributed by atoms with Crippen molar-refractivity contribution >= 4 is 0 Å². The highest BCUT2D eigenvalue weighted by atomic mass is 15.2. The molecule has 0 bridgehead atoms. The van der Waals surface area contributed by atoms with E-state index >= 15 is 0 Å². The van der Waals surface area contributed by atoms with E-state index in [1.807, 2.05) is 0 Å². The highest BCUT2D eigenvalue weighted by molar-refractivity contribution is 4.86. The molecule has 0 saturated carbocycles. The highest BCUT2D eigenvalue weighted by Gasteiger charge is 2.29. The van der Waals surface area contributed by atoms with Crippen LogP contribution in [0.15, 0.2) is 0 Å². The summed E-state index contributed by atoms with van der Waals surface area (Å²) in [4.78, 5) is 2.65. The maximum Gasteiger partial charge on any atom is 0.0252 e. The molecule has 0 amide bonds. The van der Waals surface area contributed by atoms with Crippen LogP contribution in [0.25, 0.3) is 0 Å². The SMILES string of the molecule is CCNC(C)(C)CN1CCCC(C)C1C. The van der Waals surface area contributed by atoms with Crippen LogP contribution in [-0.2, 0) is 0 Å². The summed E-state index contributed by atoms with van der Waals surface area (Å²) in [5.41, 5.74) is 0.250. The van der Waals surface area contributed by atoms with Crippen molar-refractivity contribution in [1.82, 2.24) is 10.2 Å². The van der Waals surface area contributed by atoms with E-state index in [4.69, 9.17) is 0 Å². The summed E-state index contributed by atoms with van der Waals surface area (Å²) < 4.78 is 0. The third-order valence-corrected chi connectivity index (χ3v) is 3.76. The van der Waals surface area contributed by atoms with Crippen molar-refractivity contribution in [3.05, 3.63) is 0 Å². The van der Waals surface area contributed by atoms with Crippen LogP contribution in [0.3, 0.4) is 0 Å². The Labute approximate surface area is 95.4 Å². The molecule has 0 aliphatic carbocycles. The van der Waals surface area contributed by atoms with Crippen LogP contribution < -0.4 is 5.32 Å². The molecule has 1 aliphatic heterocycles. The molecule has 2 heteroatoms. The fraction of sp³-hybridized carbons (Fsp3) is 1.00. The summed E-state index contributed by atoms with van der Waals surface area (Å²) in [6, 6.07) is 0.747. The summed E-state index contributed by atoms with van der Waals surface area (Å²) in [5, 5.41) is 3.56. The van der Waals surface area contributed by atoms with E-state index in [1.165, 1.54) is 25.9 Å². The van der Waals surface area contributed by atoms with Gasteiger partial charge in [-0.2, -0.15) is 0 Å². The van der Waals surface area contributed by atoms with Crippen LogP contribution in [0.2, 0.25) is 0 Å². The Morgan fingerprint density at radius 2 is 2.00 bits per heavy atom. The van der Waals surface area contributed by atoms with Gasteiger partial charge < -0.3 is 5.32 Å². The van der Waals surface area contributed by atoms with E-state index in [9.17, 15) is 0 Å². The van der Waals surface area contributed by atoms with E-state index in [-0.39, 0.29) is 5.54 Å². The first kappa shape index (κ1) is 13.0. The van der Waals surface area contributed by atoms with Crippen LogP contribution in [0.1, 0.15) is 47.5 Å². The van der Waals surface area contributed by atoms with Gasteiger partial charge in [0.05, 0.1) is 0 Å². The van der Waals surface area contributed by atoms with Crippen molar-refractivity contribution in [3.63, 3.8) is 0 Å². The summed E-state index contributed by atoms with van der Waals surface area (Å²) in [5.74, 6) is 0.858. The Bertz CT molecular complexity index is 189. The topological polar surface area (TPSA) is 15.3 Å². The predicted molar refractivity (Wildman–Crippen MR) is 67.2 cm³/mol. The Morgan fingerprint density at radius 3 is 2.60 bits per heavy atom. The molecule has 1 heterocycles. The van der Waals surface area contributed by atoms with Crippen LogP contribution in [-0.4, -0.2) is 36.1 Å². The van der Waals surface area contributed by atoms with Crippen molar-refractivity contribution in [3.8, 4) is 0 Å². The summed E-state index contributed by atoms with van der Waals surface area (Å²) in [6.45, 7) is 15.1. The van der Waals surface area contributed by atoms with Crippen molar-refractivity contribution in [2.45, 2.75) is 59.0 Å². The lowest BCUT2D eigenvalue weighted by Crippen LogP contribution is -2.54. The number of nitrogens with zero attached hydrogens (tertiary/aromatic N) is 1. The van der Waals surface area contributed by atoms with E-state index in [2.05, 4.69) is 44.8 Å². The van der Waals surface area contributed by atoms with Gasteiger partial charge in [0.25, 0.3) is 0 Å². The molecule has 2 nitrogen and oxygen atoms in total. The zero-order chi connectivity index (χ0) is 11.5. The van der Waals surface area contributed by atoms with Gasteiger partial charge >= 0.3 is 0 Å². The van der Waals surface area contributed by atoms with Gasteiger partial charge in [0.15, 0.2) is 0 Å². The number of hydrogen-bond acceptors (Lipinski definition) is 2. The maximum absolute atomic E-state index is 3.56. The number of piperidine rings is 1. The molecule has 1 N–H and O–H groups in total. The van der Waals surface area contributed by atoms with Gasteiger partial charge in [0.1, 0.15) is 0 Å². The van der Waals surface area contributed by atoms with Crippen molar-refractivity contribution in [1.29, 1.82) is 0 Å². The molecule has 1 fully saturated rings. The molecule has 0 spiro atoms. The molecule has 0 radical (unpaired) electrons. The van der Waals surface area contributed by atoms with Crippen LogP contribution >= 0.6 is 0 Å². The maximum atomic E-state index is 3.56. The zero-order valence-electron chi connectivity index (χ0n) is 11.1. The third-order valence-electron chi connectivity index (χ3n) is 3.76. The molecule has 15 heavy (non-hydrogen) atoms. The Morgan fingerprint density at radius 1 is 1.33 bits per heavy atom. The van der Waals surface area contributed by atoms with Gasteiger partial charge in [0.2, 0.25) is 0 Å². The molecule has 0 aromatic rings. The normalized spacial score (nSPS) is 29.4. The number of nitrogens with one attached hydrogen (secondary N) is 1. The Hall–Kier alpha value is -0.0800. The molecule has 0 aromatic carbocycles. The van der Waals surface area contributed by atoms with E-state index in [0.717, 1.165) is 18.5 Å². The van der Waals surface area contributed by atoms with Crippen LogP contribution in [0.4, 0.5) is 0 Å². The quantitative estimate of drug-likeness (QED) is 0.770. The second-order valence-corrected chi connectivity index (χ2v) is 5.74. The minimum absolute atomic E-state index is 0.250. The van der Waals surface area contributed by atoms with Gasteiger partial charge in [-0.05, 0) is 52.6 Å². The number of hydrogen-bond donors (Lipinski definition) is 1. The average Bonchev–Trinajstić information content (AvgIpc) is 2.12. The molecule has 90 valence electrons. The zero-order valence-corrected chi connectivity index (χ0v) is 11.1. The van der Waals surface area contributed by atoms with Crippen molar-refractivity contribution < 1.29 is 0 Å². The minimum Gasteiger partial charge on any atom is -0.311 e. The lowest BCUT2D eigenvalue weighted by atomic mass is 9.90. The fourth-order valence-corrected chi connectivity index (χ4v) is 2.69. The van der Waals surface area contributed by atoms with E-state index < -0.39 is 0 Å². The van der Waals surface area contributed by atoms with Gasteiger partial charge in [-0.1, -0.05) is 13.8 Å².